The van der Waals surface area contributed by atoms with E-state index in [2.05, 4.69) is 10.6 Å². The van der Waals surface area contributed by atoms with Gasteiger partial charge < -0.3 is 20.6 Å². The third-order valence-corrected chi connectivity index (χ3v) is 5.42. The smallest absolute Gasteiger partial charge is 0.305 e. The summed E-state index contributed by atoms with van der Waals surface area (Å²) in [4.78, 5) is 37.8. The van der Waals surface area contributed by atoms with Gasteiger partial charge in [-0.05, 0) is 65.0 Å². The monoisotopic (exact) mass is 367 g/mol. The molecule has 2 fully saturated rings. The molecule has 0 radical (unpaired) electrons. The highest BCUT2D eigenvalue weighted by Crippen LogP contribution is 2.22. The number of carbonyl (C=O) groups is 3. The number of nitrogens with zero attached hydrogens (tertiary/aromatic N) is 1. The van der Waals surface area contributed by atoms with Crippen molar-refractivity contribution in [1.29, 1.82) is 0 Å². The Balaban J connectivity index is 1.80. The summed E-state index contributed by atoms with van der Waals surface area (Å²) in [5.74, 6) is -0.563. The molecule has 2 rings (SSSR count). The zero-order valence-electron chi connectivity index (χ0n) is 16.1. The van der Waals surface area contributed by atoms with Gasteiger partial charge in [-0.15, -0.1) is 0 Å². The van der Waals surface area contributed by atoms with Gasteiger partial charge in [0.1, 0.15) is 0 Å². The van der Waals surface area contributed by atoms with E-state index in [1.807, 2.05) is 4.90 Å². The van der Waals surface area contributed by atoms with Gasteiger partial charge in [0.15, 0.2) is 0 Å². The van der Waals surface area contributed by atoms with Crippen molar-refractivity contribution in [3.63, 3.8) is 0 Å². The molecule has 2 aliphatic heterocycles. The van der Waals surface area contributed by atoms with Crippen LogP contribution in [0, 0.1) is 11.8 Å². The first-order chi connectivity index (χ1) is 12.3. The van der Waals surface area contributed by atoms with E-state index in [-0.39, 0.29) is 24.2 Å². The molecule has 2 heterocycles. The molecule has 2 amide bonds. The number of nitrogens with one attached hydrogen (secondary N) is 2. The Kier molecular flexibility index (Phi) is 7.43. The highest BCUT2D eigenvalue weighted by Gasteiger charge is 2.32. The largest absolute Gasteiger partial charge is 0.481 e. The van der Waals surface area contributed by atoms with Gasteiger partial charge in [-0.2, -0.15) is 0 Å². The van der Waals surface area contributed by atoms with E-state index in [1.54, 1.807) is 13.8 Å². The van der Waals surface area contributed by atoms with Crippen molar-refractivity contribution in [2.24, 2.45) is 11.8 Å². The predicted octanol–water partition coefficient (Wildman–Crippen LogP) is 1.37. The number of hydrogen-bond acceptors (Lipinski definition) is 4. The minimum absolute atomic E-state index is 0.121. The van der Waals surface area contributed by atoms with Crippen LogP contribution in [0.1, 0.15) is 58.8 Å². The number of carboxylic acids is 1. The SMILES string of the molecule is CC(C)(CC(=O)O)NC(=O)[C@@H]1CCCN(C(=O)CCC2CCNCC2)C1. The Morgan fingerprint density at radius 1 is 1.19 bits per heavy atom. The summed E-state index contributed by atoms with van der Waals surface area (Å²) in [7, 11) is 0. The maximum Gasteiger partial charge on any atom is 0.305 e. The number of carbonyl (C=O) groups excluding carboxylic acids is 2. The summed E-state index contributed by atoms with van der Waals surface area (Å²) in [5, 5.41) is 15.1. The molecule has 2 aliphatic rings. The average Bonchev–Trinajstić information content (AvgIpc) is 2.59. The molecule has 2 saturated heterocycles. The lowest BCUT2D eigenvalue weighted by molar-refractivity contribution is -0.139. The molecule has 0 unspecified atom stereocenters. The van der Waals surface area contributed by atoms with Gasteiger partial charge in [-0.25, -0.2) is 0 Å². The van der Waals surface area contributed by atoms with Gasteiger partial charge in [-0.3, -0.25) is 14.4 Å². The van der Waals surface area contributed by atoms with Crippen LogP contribution in [0.4, 0.5) is 0 Å². The molecular formula is C19H33N3O4. The van der Waals surface area contributed by atoms with Crippen molar-refractivity contribution in [2.45, 2.75) is 64.3 Å². The van der Waals surface area contributed by atoms with Crippen molar-refractivity contribution in [2.75, 3.05) is 26.2 Å². The first-order valence-corrected chi connectivity index (χ1v) is 9.79. The van der Waals surface area contributed by atoms with Crippen LogP contribution in [0.3, 0.4) is 0 Å². The lowest BCUT2D eigenvalue weighted by Crippen LogP contribution is -2.51. The van der Waals surface area contributed by atoms with E-state index < -0.39 is 11.5 Å². The molecule has 26 heavy (non-hydrogen) atoms. The molecule has 7 heteroatoms. The van der Waals surface area contributed by atoms with Crippen LogP contribution in [0.2, 0.25) is 0 Å². The van der Waals surface area contributed by atoms with Crippen LogP contribution in [0.5, 0.6) is 0 Å². The zero-order valence-corrected chi connectivity index (χ0v) is 16.1. The minimum Gasteiger partial charge on any atom is -0.481 e. The molecule has 0 aromatic carbocycles. The van der Waals surface area contributed by atoms with Crippen molar-refractivity contribution in [3.05, 3.63) is 0 Å². The van der Waals surface area contributed by atoms with E-state index in [9.17, 15) is 14.4 Å². The van der Waals surface area contributed by atoms with Crippen LogP contribution < -0.4 is 10.6 Å². The molecule has 148 valence electrons. The van der Waals surface area contributed by atoms with Gasteiger partial charge in [-0.1, -0.05) is 0 Å². The van der Waals surface area contributed by atoms with Crippen molar-refractivity contribution in [3.8, 4) is 0 Å². The van der Waals surface area contributed by atoms with E-state index in [0.717, 1.165) is 45.2 Å². The van der Waals surface area contributed by atoms with Gasteiger partial charge in [0, 0.05) is 25.0 Å². The standard InChI is InChI=1S/C19H33N3O4/c1-19(2,12-17(24)25)21-18(26)15-4-3-11-22(13-15)16(23)6-5-14-7-9-20-10-8-14/h14-15,20H,3-13H2,1-2H3,(H,21,26)(H,24,25)/t15-/m1/s1. The van der Waals surface area contributed by atoms with Crippen molar-refractivity contribution >= 4 is 17.8 Å². The van der Waals surface area contributed by atoms with Crippen LogP contribution in [0.15, 0.2) is 0 Å². The second-order valence-corrected chi connectivity index (χ2v) is 8.35. The van der Waals surface area contributed by atoms with Crippen LogP contribution in [-0.2, 0) is 14.4 Å². The van der Waals surface area contributed by atoms with Crippen LogP contribution >= 0.6 is 0 Å². The lowest BCUT2D eigenvalue weighted by atomic mass is 9.91. The molecular weight excluding hydrogens is 334 g/mol. The number of hydrogen-bond donors (Lipinski definition) is 3. The van der Waals surface area contributed by atoms with E-state index in [4.69, 9.17) is 5.11 Å². The third-order valence-electron chi connectivity index (χ3n) is 5.42. The van der Waals surface area contributed by atoms with Gasteiger partial charge in [0.25, 0.3) is 0 Å². The average molecular weight is 367 g/mol. The maximum atomic E-state index is 12.5. The fourth-order valence-electron chi connectivity index (χ4n) is 3.93. The Morgan fingerprint density at radius 2 is 1.88 bits per heavy atom. The Morgan fingerprint density at radius 3 is 2.54 bits per heavy atom. The predicted molar refractivity (Wildman–Crippen MR) is 98.6 cm³/mol. The normalized spacial score (nSPS) is 22.1. The van der Waals surface area contributed by atoms with Gasteiger partial charge in [0.05, 0.1) is 12.3 Å². The molecule has 0 spiro atoms. The third kappa shape index (κ3) is 6.59. The molecule has 0 aromatic rings. The number of amides is 2. The van der Waals surface area contributed by atoms with E-state index in [0.29, 0.717) is 25.4 Å². The Labute approximate surface area is 155 Å². The summed E-state index contributed by atoms with van der Waals surface area (Å²) in [6, 6.07) is 0. The Hall–Kier alpha value is -1.63. The molecule has 0 saturated carbocycles. The maximum absolute atomic E-state index is 12.5. The highest BCUT2D eigenvalue weighted by molar-refractivity contribution is 5.82. The summed E-state index contributed by atoms with van der Waals surface area (Å²) in [6.07, 6.45) is 5.20. The fourth-order valence-corrected chi connectivity index (χ4v) is 3.93. The van der Waals surface area contributed by atoms with Crippen molar-refractivity contribution < 1.29 is 19.5 Å². The van der Waals surface area contributed by atoms with Crippen LogP contribution in [0.25, 0.3) is 0 Å². The van der Waals surface area contributed by atoms with E-state index in [1.165, 1.54) is 0 Å². The Bertz CT molecular complexity index is 515. The highest BCUT2D eigenvalue weighted by atomic mass is 16.4. The van der Waals surface area contributed by atoms with Gasteiger partial charge in [0.2, 0.25) is 11.8 Å². The molecule has 0 bridgehead atoms. The minimum atomic E-state index is -0.936. The summed E-state index contributed by atoms with van der Waals surface area (Å²) in [6.45, 7) is 6.66. The lowest BCUT2D eigenvalue weighted by Gasteiger charge is -2.34. The molecule has 7 nitrogen and oxygen atoms in total. The molecule has 0 aromatic heterocycles. The van der Waals surface area contributed by atoms with Gasteiger partial charge >= 0.3 is 5.97 Å². The number of aliphatic carboxylic acids is 1. The first kappa shape index (κ1) is 20.7. The molecule has 0 aliphatic carbocycles. The first-order valence-electron chi connectivity index (χ1n) is 9.79. The molecule has 3 N–H and O–H groups in total. The van der Waals surface area contributed by atoms with Crippen molar-refractivity contribution in [1.82, 2.24) is 15.5 Å². The zero-order chi connectivity index (χ0) is 19.2. The molecule has 1 atom stereocenters. The second-order valence-electron chi connectivity index (χ2n) is 8.35. The summed E-state index contributed by atoms with van der Waals surface area (Å²) >= 11 is 0. The number of carboxylic acid groups (broad SMARTS) is 1. The topological polar surface area (TPSA) is 98.7 Å². The number of likely N-dealkylation sites (tertiary alicyclic amines) is 1. The summed E-state index contributed by atoms with van der Waals surface area (Å²) < 4.78 is 0. The second kappa shape index (κ2) is 9.35. The van der Waals surface area contributed by atoms with E-state index >= 15 is 0 Å². The fraction of sp³-hybridized carbons (Fsp3) is 0.842. The number of rotatable bonds is 7. The summed E-state index contributed by atoms with van der Waals surface area (Å²) in [5.41, 5.74) is -0.787. The quantitative estimate of drug-likeness (QED) is 0.631. The number of piperidine rings is 2. The van der Waals surface area contributed by atoms with Crippen LogP contribution in [-0.4, -0.2) is 59.5 Å².